The summed E-state index contributed by atoms with van der Waals surface area (Å²) in [4.78, 5) is 0. The molecule has 0 N–H and O–H groups in total. The Balaban J connectivity index is 2.57. The minimum Gasteiger partial charge on any atom is -0.152 e. The van der Waals surface area contributed by atoms with Crippen LogP contribution in [-0.2, 0) is 0 Å². The van der Waals surface area contributed by atoms with Crippen molar-refractivity contribution < 1.29 is 0 Å². The molecule has 0 unspecified atom stereocenters. The zero-order chi connectivity index (χ0) is 6.53. The van der Waals surface area contributed by atoms with E-state index >= 15 is 0 Å². The molecular formula is C8H9S. The van der Waals surface area contributed by atoms with Crippen molar-refractivity contribution in [2.45, 2.75) is 6.42 Å². The first-order valence-corrected chi connectivity index (χ1v) is 3.86. The molecule has 0 aliphatic rings. The van der Waals surface area contributed by atoms with E-state index in [1.165, 1.54) is 5.56 Å². The highest BCUT2D eigenvalue weighted by Gasteiger charge is 1.81. The van der Waals surface area contributed by atoms with E-state index in [-0.39, 0.29) is 0 Å². The summed E-state index contributed by atoms with van der Waals surface area (Å²) in [5, 5.41) is 4.19. The largest absolute Gasteiger partial charge is 0.152 e. The molecule has 0 aromatic carbocycles. The molecule has 0 nitrogen and oxygen atoms in total. The molecule has 1 heteroatoms. The first-order valence-electron chi connectivity index (χ1n) is 2.91. The second kappa shape index (κ2) is 3.46. The maximum atomic E-state index is 3.70. The van der Waals surface area contributed by atoms with Crippen LogP contribution in [-0.4, -0.2) is 0 Å². The molecule has 1 heterocycles. The molecule has 1 rings (SSSR count). The maximum absolute atomic E-state index is 3.70. The molecule has 0 bridgehead atoms. The molecule has 0 spiro atoms. The smallest absolute Gasteiger partial charge is 0.00209 e. The Hall–Kier alpha value is -0.560. The molecule has 0 aliphatic carbocycles. The third-order valence-electron chi connectivity index (χ3n) is 1.02. The molecule has 0 atom stereocenters. The first-order chi connectivity index (χ1) is 4.43. The summed E-state index contributed by atoms with van der Waals surface area (Å²) in [6, 6.07) is 2.09. The lowest BCUT2D eigenvalue weighted by Gasteiger charge is -1.78. The molecule has 1 aromatic rings. The minimum absolute atomic E-state index is 0.871. The van der Waals surface area contributed by atoms with Crippen molar-refractivity contribution in [1.82, 2.24) is 0 Å². The fraction of sp³-hybridized carbons (Fsp3) is 0.125. The van der Waals surface area contributed by atoms with Gasteiger partial charge in [0.25, 0.3) is 0 Å². The highest BCUT2D eigenvalue weighted by molar-refractivity contribution is 7.08. The number of allylic oxidation sites excluding steroid dienone is 1. The SMILES string of the molecule is [CH2]CC=Cc1ccsc1. The van der Waals surface area contributed by atoms with Crippen LogP contribution in [0.15, 0.2) is 22.9 Å². The van der Waals surface area contributed by atoms with Gasteiger partial charge in [-0.05, 0) is 35.7 Å². The van der Waals surface area contributed by atoms with Crippen LogP contribution in [0.3, 0.4) is 0 Å². The first kappa shape index (κ1) is 6.56. The number of thiophene rings is 1. The Morgan fingerprint density at radius 1 is 1.67 bits per heavy atom. The standard InChI is InChI=1S/C8H9S/c1-2-3-4-8-5-6-9-7-8/h3-7H,1-2H2. The predicted molar refractivity (Wildman–Crippen MR) is 43.3 cm³/mol. The molecule has 0 aliphatic heterocycles. The van der Waals surface area contributed by atoms with Gasteiger partial charge in [0.1, 0.15) is 0 Å². The van der Waals surface area contributed by atoms with Crippen molar-refractivity contribution in [3.05, 3.63) is 35.4 Å². The fourth-order valence-corrected chi connectivity index (χ4v) is 1.22. The number of rotatable bonds is 2. The van der Waals surface area contributed by atoms with E-state index in [1.807, 2.05) is 0 Å². The van der Waals surface area contributed by atoms with E-state index in [0.717, 1.165) is 6.42 Å². The van der Waals surface area contributed by atoms with Gasteiger partial charge in [0, 0.05) is 0 Å². The van der Waals surface area contributed by atoms with Gasteiger partial charge in [0.05, 0.1) is 0 Å². The predicted octanol–water partition coefficient (Wildman–Crippen LogP) is 2.99. The summed E-state index contributed by atoms with van der Waals surface area (Å²) in [6.45, 7) is 3.70. The Morgan fingerprint density at radius 2 is 2.56 bits per heavy atom. The van der Waals surface area contributed by atoms with E-state index in [2.05, 4.69) is 35.9 Å². The van der Waals surface area contributed by atoms with E-state index in [4.69, 9.17) is 0 Å². The zero-order valence-electron chi connectivity index (χ0n) is 5.21. The van der Waals surface area contributed by atoms with Crippen molar-refractivity contribution >= 4 is 17.4 Å². The van der Waals surface area contributed by atoms with Gasteiger partial charge < -0.3 is 0 Å². The summed E-state index contributed by atoms with van der Waals surface area (Å²) in [5.41, 5.74) is 1.28. The fourth-order valence-electron chi connectivity index (χ4n) is 0.589. The van der Waals surface area contributed by atoms with Crippen molar-refractivity contribution in [2.75, 3.05) is 0 Å². The number of hydrogen-bond acceptors (Lipinski definition) is 1. The topological polar surface area (TPSA) is 0 Å². The Morgan fingerprint density at radius 3 is 3.11 bits per heavy atom. The van der Waals surface area contributed by atoms with E-state index in [1.54, 1.807) is 11.3 Å². The van der Waals surface area contributed by atoms with Crippen LogP contribution >= 0.6 is 11.3 Å². The van der Waals surface area contributed by atoms with E-state index in [0.29, 0.717) is 0 Å². The third kappa shape index (κ3) is 2.02. The van der Waals surface area contributed by atoms with E-state index < -0.39 is 0 Å². The van der Waals surface area contributed by atoms with Crippen LogP contribution in [0.1, 0.15) is 12.0 Å². The van der Waals surface area contributed by atoms with Gasteiger partial charge in [-0.25, -0.2) is 0 Å². The van der Waals surface area contributed by atoms with Crippen molar-refractivity contribution in [3.8, 4) is 0 Å². The molecule has 47 valence electrons. The molecule has 0 fully saturated rings. The number of hydrogen-bond donors (Lipinski definition) is 0. The third-order valence-corrected chi connectivity index (χ3v) is 1.72. The average molecular weight is 137 g/mol. The van der Waals surface area contributed by atoms with Crippen LogP contribution in [0.2, 0.25) is 0 Å². The van der Waals surface area contributed by atoms with Crippen LogP contribution in [0.25, 0.3) is 6.08 Å². The summed E-state index contributed by atoms with van der Waals surface area (Å²) in [6.07, 6.45) is 5.02. The minimum atomic E-state index is 0.871. The molecule has 1 aromatic heterocycles. The van der Waals surface area contributed by atoms with Crippen molar-refractivity contribution in [3.63, 3.8) is 0 Å². The molecule has 9 heavy (non-hydrogen) atoms. The van der Waals surface area contributed by atoms with Gasteiger partial charge >= 0.3 is 0 Å². The zero-order valence-corrected chi connectivity index (χ0v) is 6.03. The Labute approximate surface area is 59.8 Å². The monoisotopic (exact) mass is 137 g/mol. The van der Waals surface area contributed by atoms with E-state index in [9.17, 15) is 0 Å². The van der Waals surface area contributed by atoms with Crippen LogP contribution < -0.4 is 0 Å². The van der Waals surface area contributed by atoms with Gasteiger partial charge in [0.2, 0.25) is 0 Å². The molecule has 1 radical (unpaired) electrons. The summed E-state index contributed by atoms with van der Waals surface area (Å²) in [5.74, 6) is 0. The van der Waals surface area contributed by atoms with Gasteiger partial charge in [-0.15, -0.1) is 0 Å². The molecular weight excluding hydrogens is 128 g/mol. The molecule has 0 saturated carbocycles. The van der Waals surface area contributed by atoms with Crippen LogP contribution in [0.5, 0.6) is 0 Å². The second-order valence-electron chi connectivity index (χ2n) is 1.75. The van der Waals surface area contributed by atoms with Crippen molar-refractivity contribution in [1.29, 1.82) is 0 Å². The summed E-state index contributed by atoms with van der Waals surface area (Å²) in [7, 11) is 0. The highest BCUT2D eigenvalue weighted by Crippen LogP contribution is 2.07. The quantitative estimate of drug-likeness (QED) is 0.588. The van der Waals surface area contributed by atoms with Gasteiger partial charge in [-0.3, -0.25) is 0 Å². The summed E-state index contributed by atoms with van der Waals surface area (Å²) >= 11 is 1.72. The average Bonchev–Trinajstić information content (AvgIpc) is 2.34. The maximum Gasteiger partial charge on any atom is -0.00209 e. The molecule has 0 saturated heterocycles. The van der Waals surface area contributed by atoms with Crippen LogP contribution in [0, 0.1) is 6.92 Å². The Kier molecular flexibility index (Phi) is 2.52. The van der Waals surface area contributed by atoms with Gasteiger partial charge in [-0.2, -0.15) is 11.3 Å². The van der Waals surface area contributed by atoms with Gasteiger partial charge in [-0.1, -0.05) is 12.2 Å². The second-order valence-corrected chi connectivity index (χ2v) is 2.53. The van der Waals surface area contributed by atoms with Gasteiger partial charge in [0.15, 0.2) is 0 Å². The van der Waals surface area contributed by atoms with Crippen LogP contribution in [0.4, 0.5) is 0 Å². The Bertz CT molecular complexity index is 172. The lowest BCUT2D eigenvalue weighted by molar-refractivity contribution is 1.42. The summed E-state index contributed by atoms with van der Waals surface area (Å²) < 4.78 is 0. The molecule has 0 amide bonds. The highest BCUT2D eigenvalue weighted by atomic mass is 32.1. The van der Waals surface area contributed by atoms with Crippen molar-refractivity contribution in [2.24, 2.45) is 0 Å². The lowest BCUT2D eigenvalue weighted by Crippen LogP contribution is -1.57. The lowest BCUT2D eigenvalue weighted by atomic mass is 10.3. The normalized spacial score (nSPS) is 10.8.